The first-order valence-corrected chi connectivity index (χ1v) is 8.27. The van der Waals surface area contributed by atoms with E-state index in [9.17, 15) is 0 Å². The number of hydrogen-bond acceptors (Lipinski definition) is 2. The summed E-state index contributed by atoms with van der Waals surface area (Å²) in [6.45, 7) is 6.82. The fourth-order valence-electron chi connectivity index (χ4n) is 2.19. The standard InChI is InChI=1S/C17H28ClNO/c1-3-5-6-7-8-9-12-19-14-15-10-11-17(20-4-2)16(18)13-15/h10-11,13,19H,3-9,12,14H2,1-2H3. The zero-order valence-electron chi connectivity index (χ0n) is 12.9. The van der Waals surface area contributed by atoms with Crippen molar-refractivity contribution in [3.8, 4) is 5.75 Å². The summed E-state index contributed by atoms with van der Waals surface area (Å²) in [4.78, 5) is 0. The summed E-state index contributed by atoms with van der Waals surface area (Å²) in [6.07, 6.45) is 8.02. The van der Waals surface area contributed by atoms with Crippen LogP contribution in [-0.4, -0.2) is 13.2 Å². The lowest BCUT2D eigenvalue weighted by molar-refractivity contribution is 0.340. The van der Waals surface area contributed by atoms with Crippen molar-refractivity contribution < 1.29 is 4.74 Å². The normalized spacial score (nSPS) is 10.8. The van der Waals surface area contributed by atoms with Gasteiger partial charge in [-0.3, -0.25) is 0 Å². The third-order valence-corrected chi connectivity index (χ3v) is 3.63. The summed E-state index contributed by atoms with van der Waals surface area (Å²) in [7, 11) is 0. The molecule has 0 atom stereocenters. The molecule has 114 valence electrons. The monoisotopic (exact) mass is 297 g/mol. The van der Waals surface area contributed by atoms with Crippen molar-refractivity contribution >= 4 is 11.6 Å². The van der Waals surface area contributed by atoms with Crippen molar-refractivity contribution in [1.29, 1.82) is 0 Å². The van der Waals surface area contributed by atoms with Crippen molar-refractivity contribution in [3.63, 3.8) is 0 Å². The first-order chi connectivity index (χ1) is 9.77. The number of unbranched alkanes of at least 4 members (excludes halogenated alkanes) is 5. The molecule has 0 saturated heterocycles. The van der Waals surface area contributed by atoms with E-state index in [1.54, 1.807) is 0 Å². The maximum atomic E-state index is 6.17. The Labute approximate surface area is 128 Å². The second-order valence-corrected chi connectivity index (χ2v) is 5.55. The fourth-order valence-corrected chi connectivity index (χ4v) is 2.45. The third kappa shape index (κ3) is 7.16. The van der Waals surface area contributed by atoms with Gasteiger partial charge in [0.15, 0.2) is 0 Å². The largest absolute Gasteiger partial charge is 0.492 e. The van der Waals surface area contributed by atoms with Crippen LogP contribution in [-0.2, 0) is 6.54 Å². The van der Waals surface area contributed by atoms with Crippen molar-refractivity contribution in [2.24, 2.45) is 0 Å². The van der Waals surface area contributed by atoms with E-state index >= 15 is 0 Å². The highest BCUT2D eigenvalue weighted by Gasteiger charge is 2.02. The average Bonchev–Trinajstić information content (AvgIpc) is 2.45. The van der Waals surface area contributed by atoms with Crippen LogP contribution in [0.1, 0.15) is 57.9 Å². The quantitative estimate of drug-likeness (QED) is 0.568. The molecule has 0 heterocycles. The number of halogens is 1. The number of hydrogen-bond donors (Lipinski definition) is 1. The molecule has 0 aliphatic rings. The lowest BCUT2D eigenvalue weighted by atomic mass is 10.1. The van der Waals surface area contributed by atoms with Gasteiger partial charge in [-0.2, -0.15) is 0 Å². The summed E-state index contributed by atoms with van der Waals surface area (Å²) in [5, 5.41) is 4.17. The van der Waals surface area contributed by atoms with Gasteiger partial charge in [0.05, 0.1) is 11.6 Å². The van der Waals surface area contributed by atoms with Gasteiger partial charge in [0.1, 0.15) is 5.75 Å². The molecule has 0 spiro atoms. The van der Waals surface area contributed by atoms with E-state index in [-0.39, 0.29) is 0 Å². The molecule has 0 aliphatic heterocycles. The lowest BCUT2D eigenvalue weighted by Crippen LogP contribution is -2.14. The molecule has 0 amide bonds. The molecule has 0 aromatic heterocycles. The van der Waals surface area contributed by atoms with Gasteiger partial charge in [-0.25, -0.2) is 0 Å². The molecule has 1 aromatic carbocycles. The number of benzene rings is 1. The highest BCUT2D eigenvalue weighted by atomic mass is 35.5. The Bertz CT molecular complexity index is 368. The maximum Gasteiger partial charge on any atom is 0.137 e. The predicted molar refractivity (Wildman–Crippen MR) is 87.7 cm³/mol. The molecule has 0 fully saturated rings. The summed E-state index contributed by atoms with van der Waals surface area (Å²) < 4.78 is 5.43. The fraction of sp³-hybridized carbons (Fsp3) is 0.647. The van der Waals surface area contributed by atoms with Crippen LogP contribution in [0.3, 0.4) is 0 Å². The molecule has 1 rings (SSSR count). The third-order valence-electron chi connectivity index (χ3n) is 3.33. The Morgan fingerprint density at radius 3 is 2.50 bits per heavy atom. The van der Waals surface area contributed by atoms with Gasteiger partial charge in [-0.15, -0.1) is 0 Å². The summed E-state index contributed by atoms with van der Waals surface area (Å²) in [5.74, 6) is 0.772. The van der Waals surface area contributed by atoms with E-state index in [2.05, 4.69) is 18.3 Å². The SMILES string of the molecule is CCCCCCCCNCc1ccc(OCC)c(Cl)c1. The molecule has 0 bridgehead atoms. The van der Waals surface area contributed by atoms with Crippen LogP contribution in [0.2, 0.25) is 5.02 Å². The van der Waals surface area contributed by atoms with Gasteiger partial charge in [0.2, 0.25) is 0 Å². The van der Waals surface area contributed by atoms with Crippen LogP contribution in [0.4, 0.5) is 0 Å². The minimum absolute atomic E-state index is 0.648. The zero-order valence-corrected chi connectivity index (χ0v) is 13.6. The molecular formula is C17H28ClNO. The lowest BCUT2D eigenvalue weighted by Gasteiger charge is -2.09. The topological polar surface area (TPSA) is 21.3 Å². The summed E-state index contributed by atoms with van der Waals surface area (Å²) in [6, 6.07) is 6.01. The molecular weight excluding hydrogens is 270 g/mol. The minimum atomic E-state index is 0.648. The smallest absolute Gasteiger partial charge is 0.137 e. The van der Waals surface area contributed by atoms with Crippen LogP contribution >= 0.6 is 11.6 Å². The van der Waals surface area contributed by atoms with Gasteiger partial charge in [-0.05, 0) is 37.6 Å². The Balaban J connectivity index is 2.14. The van der Waals surface area contributed by atoms with Gasteiger partial charge in [0.25, 0.3) is 0 Å². The Kier molecular flexibility index (Phi) is 9.52. The Morgan fingerprint density at radius 2 is 1.80 bits per heavy atom. The van der Waals surface area contributed by atoms with Crippen molar-refractivity contribution in [1.82, 2.24) is 5.32 Å². The molecule has 3 heteroatoms. The van der Waals surface area contributed by atoms with Crippen LogP contribution < -0.4 is 10.1 Å². The van der Waals surface area contributed by atoms with Gasteiger partial charge in [0, 0.05) is 6.54 Å². The molecule has 0 aliphatic carbocycles. The van der Waals surface area contributed by atoms with Gasteiger partial charge < -0.3 is 10.1 Å². The highest BCUT2D eigenvalue weighted by molar-refractivity contribution is 6.32. The van der Waals surface area contributed by atoms with E-state index in [0.29, 0.717) is 11.6 Å². The molecule has 2 nitrogen and oxygen atoms in total. The number of nitrogens with one attached hydrogen (secondary N) is 1. The molecule has 1 N–H and O–H groups in total. The van der Waals surface area contributed by atoms with Crippen molar-refractivity contribution in [3.05, 3.63) is 28.8 Å². The first-order valence-electron chi connectivity index (χ1n) is 7.89. The van der Waals surface area contributed by atoms with Gasteiger partial charge in [-0.1, -0.05) is 56.7 Å². The van der Waals surface area contributed by atoms with E-state index in [0.717, 1.165) is 18.8 Å². The van der Waals surface area contributed by atoms with Crippen molar-refractivity contribution in [2.75, 3.05) is 13.2 Å². The second kappa shape index (κ2) is 11.0. The molecule has 1 aromatic rings. The van der Waals surface area contributed by atoms with Crippen LogP contribution in [0.25, 0.3) is 0 Å². The number of ether oxygens (including phenoxy) is 1. The molecule has 0 radical (unpaired) electrons. The van der Waals surface area contributed by atoms with E-state index in [1.807, 2.05) is 19.1 Å². The average molecular weight is 298 g/mol. The second-order valence-electron chi connectivity index (χ2n) is 5.14. The maximum absolute atomic E-state index is 6.17. The highest BCUT2D eigenvalue weighted by Crippen LogP contribution is 2.25. The van der Waals surface area contributed by atoms with E-state index in [4.69, 9.17) is 16.3 Å². The zero-order chi connectivity index (χ0) is 14.6. The summed E-state index contributed by atoms with van der Waals surface area (Å²) >= 11 is 6.17. The Morgan fingerprint density at radius 1 is 1.05 bits per heavy atom. The van der Waals surface area contributed by atoms with E-state index < -0.39 is 0 Å². The Hall–Kier alpha value is -0.730. The van der Waals surface area contributed by atoms with Crippen molar-refractivity contribution in [2.45, 2.75) is 58.9 Å². The van der Waals surface area contributed by atoms with Gasteiger partial charge >= 0.3 is 0 Å². The van der Waals surface area contributed by atoms with Crippen LogP contribution in [0.5, 0.6) is 5.75 Å². The molecule has 0 saturated carbocycles. The van der Waals surface area contributed by atoms with Crippen LogP contribution in [0.15, 0.2) is 18.2 Å². The van der Waals surface area contributed by atoms with E-state index in [1.165, 1.54) is 44.1 Å². The molecule has 0 unspecified atom stereocenters. The number of rotatable bonds is 11. The minimum Gasteiger partial charge on any atom is -0.492 e. The predicted octanol–water partition coefficient (Wildman–Crippen LogP) is 5.19. The first kappa shape index (κ1) is 17.3. The summed E-state index contributed by atoms with van der Waals surface area (Å²) in [5.41, 5.74) is 1.21. The molecule has 20 heavy (non-hydrogen) atoms. The van der Waals surface area contributed by atoms with Crippen LogP contribution in [0, 0.1) is 0 Å².